The lowest BCUT2D eigenvalue weighted by Gasteiger charge is -2.32. The van der Waals surface area contributed by atoms with Crippen molar-refractivity contribution < 1.29 is 13.2 Å². The highest BCUT2D eigenvalue weighted by atomic mass is 32.2. The van der Waals surface area contributed by atoms with Crippen LogP contribution in [0, 0.1) is 0 Å². The molecule has 1 fully saturated rings. The van der Waals surface area contributed by atoms with Crippen LogP contribution in [0.4, 0.5) is 0 Å². The average Bonchev–Trinajstić information content (AvgIpc) is 2.39. The molecule has 1 aromatic carbocycles. The highest BCUT2D eigenvalue weighted by Crippen LogP contribution is 2.19. The van der Waals surface area contributed by atoms with Crippen molar-refractivity contribution in [1.82, 2.24) is 9.62 Å². The van der Waals surface area contributed by atoms with Gasteiger partial charge in [0.25, 0.3) is 0 Å². The number of nitrogens with one attached hydrogen (secondary N) is 1. The van der Waals surface area contributed by atoms with E-state index in [1.165, 1.54) is 28.6 Å². The Morgan fingerprint density at radius 2 is 2.00 bits per heavy atom. The fourth-order valence-electron chi connectivity index (χ4n) is 2.11. The third kappa shape index (κ3) is 2.78. The predicted molar refractivity (Wildman–Crippen MR) is 71.2 cm³/mol. The lowest BCUT2D eigenvalue weighted by atomic mass is 10.2. The van der Waals surface area contributed by atoms with Crippen LogP contribution < -0.4 is 11.1 Å². The summed E-state index contributed by atoms with van der Waals surface area (Å²) in [6.45, 7) is 3.59. The van der Waals surface area contributed by atoms with Crippen molar-refractivity contribution in [2.45, 2.75) is 17.9 Å². The van der Waals surface area contributed by atoms with Gasteiger partial charge in [-0.25, -0.2) is 8.42 Å². The first kappa shape index (κ1) is 14.0. The quantitative estimate of drug-likeness (QED) is 0.801. The van der Waals surface area contributed by atoms with Gasteiger partial charge in [0.2, 0.25) is 15.9 Å². The maximum Gasteiger partial charge on any atom is 0.248 e. The second-order valence-electron chi connectivity index (χ2n) is 4.56. The van der Waals surface area contributed by atoms with Gasteiger partial charge in [-0.2, -0.15) is 4.31 Å². The number of rotatable bonds is 3. The first-order chi connectivity index (χ1) is 8.93. The Bertz CT molecular complexity index is 568. The summed E-state index contributed by atoms with van der Waals surface area (Å²) in [4.78, 5) is 11.2. The number of primary amides is 1. The van der Waals surface area contributed by atoms with Gasteiger partial charge in [-0.1, -0.05) is 0 Å². The SMILES string of the molecule is C[C@H]1CNCCN1S(=O)(=O)c1ccc(C(N)=O)cc1. The van der Waals surface area contributed by atoms with Crippen LogP contribution >= 0.6 is 0 Å². The maximum atomic E-state index is 12.5. The number of hydrogen-bond donors (Lipinski definition) is 2. The van der Waals surface area contributed by atoms with E-state index in [4.69, 9.17) is 5.73 Å². The molecule has 1 aliphatic rings. The normalized spacial score (nSPS) is 21.2. The molecule has 3 N–H and O–H groups in total. The number of benzene rings is 1. The molecule has 0 bridgehead atoms. The van der Waals surface area contributed by atoms with Crippen molar-refractivity contribution in [2.75, 3.05) is 19.6 Å². The molecule has 1 saturated heterocycles. The number of piperazine rings is 1. The molecule has 1 heterocycles. The van der Waals surface area contributed by atoms with E-state index in [1.54, 1.807) is 0 Å². The average molecular weight is 283 g/mol. The summed E-state index contributed by atoms with van der Waals surface area (Å²) >= 11 is 0. The van der Waals surface area contributed by atoms with Gasteiger partial charge in [0.05, 0.1) is 4.90 Å². The van der Waals surface area contributed by atoms with Crippen LogP contribution in [0.2, 0.25) is 0 Å². The molecule has 104 valence electrons. The van der Waals surface area contributed by atoms with Crippen molar-refractivity contribution in [3.63, 3.8) is 0 Å². The minimum atomic E-state index is -3.51. The van der Waals surface area contributed by atoms with Gasteiger partial charge < -0.3 is 11.1 Å². The van der Waals surface area contributed by atoms with Gasteiger partial charge in [-0.3, -0.25) is 4.79 Å². The van der Waals surface area contributed by atoms with E-state index in [-0.39, 0.29) is 10.9 Å². The standard InChI is InChI=1S/C12H17N3O3S/c1-9-8-14-6-7-15(9)19(17,18)11-4-2-10(3-5-11)12(13)16/h2-5,9,14H,6-8H2,1H3,(H2,13,16)/t9-/m0/s1. The van der Waals surface area contributed by atoms with Gasteiger partial charge in [0.1, 0.15) is 0 Å². The van der Waals surface area contributed by atoms with Gasteiger partial charge in [-0.15, -0.1) is 0 Å². The fourth-order valence-corrected chi connectivity index (χ4v) is 3.74. The monoisotopic (exact) mass is 283 g/mol. The summed E-state index contributed by atoms with van der Waals surface area (Å²) in [5.41, 5.74) is 5.43. The molecule has 0 aliphatic carbocycles. The van der Waals surface area contributed by atoms with Gasteiger partial charge >= 0.3 is 0 Å². The van der Waals surface area contributed by atoms with E-state index < -0.39 is 15.9 Å². The van der Waals surface area contributed by atoms with Crippen molar-refractivity contribution in [3.05, 3.63) is 29.8 Å². The summed E-state index contributed by atoms with van der Waals surface area (Å²) in [5, 5.41) is 3.14. The van der Waals surface area contributed by atoms with Crippen LogP contribution in [-0.4, -0.2) is 44.3 Å². The number of nitrogens with two attached hydrogens (primary N) is 1. The summed E-state index contributed by atoms with van der Waals surface area (Å²) in [7, 11) is -3.51. The highest BCUT2D eigenvalue weighted by molar-refractivity contribution is 7.89. The van der Waals surface area contributed by atoms with Crippen LogP contribution in [0.15, 0.2) is 29.2 Å². The predicted octanol–water partition coefficient (Wildman–Crippen LogP) is -0.232. The Hall–Kier alpha value is -1.44. The van der Waals surface area contributed by atoms with Gasteiger partial charge in [0, 0.05) is 31.2 Å². The molecule has 0 unspecified atom stereocenters. The van der Waals surface area contributed by atoms with Crippen molar-refractivity contribution in [2.24, 2.45) is 5.73 Å². The topological polar surface area (TPSA) is 92.5 Å². The first-order valence-electron chi connectivity index (χ1n) is 6.05. The molecule has 1 aliphatic heterocycles. The number of sulfonamides is 1. The Balaban J connectivity index is 2.30. The smallest absolute Gasteiger partial charge is 0.248 e. The van der Waals surface area contributed by atoms with Crippen LogP contribution in [0.1, 0.15) is 17.3 Å². The molecule has 2 rings (SSSR count). The largest absolute Gasteiger partial charge is 0.366 e. The molecule has 1 amide bonds. The summed E-state index contributed by atoms with van der Waals surface area (Å²) in [6, 6.07) is 5.62. The number of nitrogens with zero attached hydrogens (tertiary/aromatic N) is 1. The summed E-state index contributed by atoms with van der Waals surface area (Å²) in [5.74, 6) is -0.570. The summed E-state index contributed by atoms with van der Waals surface area (Å²) < 4.78 is 26.4. The van der Waals surface area contributed by atoms with Crippen molar-refractivity contribution in [3.8, 4) is 0 Å². The fraction of sp³-hybridized carbons (Fsp3) is 0.417. The molecule has 0 saturated carbocycles. The number of hydrogen-bond acceptors (Lipinski definition) is 4. The minimum Gasteiger partial charge on any atom is -0.366 e. The van der Waals surface area contributed by atoms with Crippen LogP contribution in [0.5, 0.6) is 0 Å². The highest BCUT2D eigenvalue weighted by Gasteiger charge is 2.30. The van der Waals surface area contributed by atoms with Crippen LogP contribution in [0.3, 0.4) is 0 Å². The summed E-state index contributed by atoms with van der Waals surface area (Å²) in [6.07, 6.45) is 0. The molecular formula is C12H17N3O3S. The second kappa shape index (κ2) is 5.28. The molecule has 1 atom stereocenters. The molecule has 0 radical (unpaired) electrons. The zero-order valence-corrected chi connectivity index (χ0v) is 11.5. The molecule has 19 heavy (non-hydrogen) atoms. The molecule has 0 spiro atoms. The zero-order chi connectivity index (χ0) is 14.0. The van der Waals surface area contributed by atoms with Gasteiger partial charge in [0.15, 0.2) is 0 Å². The first-order valence-corrected chi connectivity index (χ1v) is 7.49. The Labute approximate surface area is 112 Å². The second-order valence-corrected chi connectivity index (χ2v) is 6.45. The molecule has 6 nitrogen and oxygen atoms in total. The number of carbonyl (C=O) groups is 1. The Kier molecular flexibility index (Phi) is 3.88. The number of carbonyl (C=O) groups excluding carboxylic acids is 1. The van der Waals surface area contributed by atoms with E-state index in [0.29, 0.717) is 25.2 Å². The van der Waals surface area contributed by atoms with Gasteiger partial charge in [-0.05, 0) is 31.2 Å². The van der Waals surface area contributed by atoms with Crippen LogP contribution in [-0.2, 0) is 10.0 Å². The van der Waals surface area contributed by atoms with E-state index in [1.807, 2.05) is 6.92 Å². The number of amides is 1. The Morgan fingerprint density at radius 3 is 2.53 bits per heavy atom. The third-order valence-electron chi connectivity index (χ3n) is 3.19. The van der Waals surface area contributed by atoms with Crippen molar-refractivity contribution in [1.29, 1.82) is 0 Å². The lowest BCUT2D eigenvalue weighted by Crippen LogP contribution is -2.52. The Morgan fingerprint density at radius 1 is 1.37 bits per heavy atom. The lowest BCUT2D eigenvalue weighted by molar-refractivity contribution is 0.1000. The molecule has 1 aromatic rings. The van der Waals surface area contributed by atoms with E-state index in [9.17, 15) is 13.2 Å². The van der Waals surface area contributed by atoms with Crippen molar-refractivity contribution >= 4 is 15.9 Å². The molecule has 7 heteroatoms. The third-order valence-corrected chi connectivity index (χ3v) is 5.21. The van der Waals surface area contributed by atoms with E-state index in [2.05, 4.69) is 5.32 Å². The van der Waals surface area contributed by atoms with E-state index in [0.717, 1.165) is 0 Å². The van der Waals surface area contributed by atoms with Crippen LogP contribution in [0.25, 0.3) is 0 Å². The molecule has 0 aromatic heterocycles. The zero-order valence-electron chi connectivity index (χ0n) is 10.7. The maximum absolute atomic E-state index is 12.5. The minimum absolute atomic E-state index is 0.0884. The molecular weight excluding hydrogens is 266 g/mol. The van der Waals surface area contributed by atoms with E-state index >= 15 is 0 Å².